The molecule has 1 heterocycles. The second-order valence-electron chi connectivity index (χ2n) is 7.08. The summed E-state index contributed by atoms with van der Waals surface area (Å²) in [5.41, 5.74) is 2.98. The van der Waals surface area contributed by atoms with E-state index in [2.05, 4.69) is 15.6 Å². The van der Waals surface area contributed by atoms with E-state index in [1.165, 1.54) is 23.1 Å². The van der Waals surface area contributed by atoms with E-state index < -0.39 is 0 Å². The van der Waals surface area contributed by atoms with Gasteiger partial charge in [0, 0.05) is 5.69 Å². The Kier molecular flexibility index (Phi) is 7.09. The third-order valence-corrected chi connectivity index (χ3v) is 7.24. The molecule has 0 unspecified atom stereocenters. The summed E-state index contributed by atoms with van der Waals surface area (Å²) in [6.07, 6.45) is 0. The van der Waals surface area contributed by atoms with Gasteiger partial charge in [0.05, 0.1) is 32.6 Å². The lowest BCUT2D eigenvalue weighted by Crippen LogP contribution is -2.28. The van der Waals surface area contributed by atoms with Crippen LogP contribution in [0.3, 0.4) is 0 Å². The van der Waals surface area contributed by atoms with Crippen molar-refractivity contribution in [2.75, 3.05) is 11.1 Å². The highest BCUT2D eigenvalue weighted by atomic mass is 35.5. The zero-order chi connectivity index (χ0) is 22.5. The summed E-state index contributed by atoms with van der Waals surface area (Å²) >= 11 is 9.00. The Balaban J connectivity index is 1.37. The number of benzene rings is 3. The van der Waals surface area contributed by atoms with Crippen molar-refractivity contribution in [3.05, 3.63) is 88.9 Å². The van der Waals surface area contributed by atoms with Gasteiger partial charge in [-0.3, -0.25) is 9.59 Å². The van der Waals surface area contributed by atoms with Gasteiger partial charge in [0.25, 0.3) is 5.91 Å². The summed E-state index contributed by atoms with van der Waals surface area (Å²) in [7, 11) is 0. The summed E-state index contributed by atoms with van der Waals surface area (Å²) in [5, 5.41) is 6.29. The molecule has 0 radical (unpaired) electrons. The quantitative estimate of drug-likeness (QED) is 0.309. The van der Waals surface area contributed by atoms with E-state index in [0.29, 0.717) is 16.3 Å². The van der Waals surface area contributed by atoms with Gasteiger partial charge < -0.3 is 10.6 Å². The fourth-order valence-electron chi connectivity index (χ4n) is 3.12. The molecule has 4 rings (SSSR count). The number of carbonyl (C=O) groups is 2. The first-order valence-corrected chi connectivity index (χ1v) is 12.1. The molecule has 0 spiro atoms. The van der Waals surface area contributed by atoms with Gasteiger partial charge in [-0.15, -0.1) is 11.3 Å². The first-order chi connectivity index (χ1) is 15.5. The Hall–Kier alpha value is -2.87. The Morgan fingerprint density at radius 2 is 1.81 bits per heavy atom. The van der Waals surface area contributed by atoms with Crippen LogP contribution in [-0.2, 0) is 4.79 Å². The number of nitrogens with zero attached hydrogens (tertiary/aromatic N) is 1. The maximum absolute atomic E-state index is 12.5. The smallest absolute Gasteiger partial charge is 0.257 e. The van der Waals surface area contributed by atoms with Gasteiger partial charge in [-0.25, -0.2) is 4.98 Å². The van der Waals surface area contributed by atoms with Crippen molar-refractivity contribution >= 4 is 62.4 Å². The topological polar surface area (TPSA) is 71.1 Å². The second-order valence-corrected chi connectivity index (χ2v) is 9.75. The molecule has 1 atom stereocenters. The van der Waals surface area contributed by atoms with Gasteiger partial charge in [-0.1, -0.05) is 65.8 Å². The minimum Gasteiger partial charge on any atom is -0.349 e. The number of nitrogens with one attached hydrogen (secondary N) is 2. The number of rotatable bonds is 7. The van der Waals surface area contributed by atoms with Crippen LogP contribution in [0.15, 0.2) is 77.1 Å². The molecule has 1 aromatic heterocycles. The number of aromatic nitrogens is 1. The Bertz CT molecular complexity index is 1260. The number of anilines is 1. The van der Waals surface area contributed by atoms with Gasteiger partial charge >= 0.3 is 0 Å². The molecule has 0 aliphatic rings. The second kappa shape index (κ2) is 10.2. The highest BCUT2D eigenvalue weighted by Crippen LogP contribution is 2.31. The molecule has 0 saturated heterocycles. The van der Waals surface area contributed by atoms with Crippen molar-refractivity contribution in [2.45, 2.75) is 17.3 Å². The number of halogens is 1. The molecule has 0 aliphatic heterocycles. The molecule has 0 saturated carbocycles. The number of amides is 2. The number of fused-ring (bicyclic) bond motifs is 1. The third kappa shape index (κ3) is 5.48. The fraction of sp³-hybridized carbons (Fsp3) is 0.125. The Morgan fingerprint density at radius 1 is 1.06 bits per heavy atom. The number of hydrogen-bond donors (Lipinski definition) is 2. The number of thioether (sulfide) groups is 1. The molecule has 2 N–H and O–H groups in total. The van der Waals surface area contributed by atoms with Crippen LogP contribution in [0.1, 0.15) is 28.9 Å². The normalized spacial score (nSPS) is 11.8. The molecule has 3 aromatic carbocycles. The van der Waals surface area contributed by atoms with Crippen molar-refractivity contribution in [2.24, 2.45) is 0 Å². The maximum Gasteiger partial charge on any atom is 0.257 e. The highest BCUT2D eigenvalue weighted by molar-refractivity contribution is 8.01. The van der Waals surface area contributed by atoms with Crippen LogP contribution in [0.25, 0.3) is 10.2 Å². The zero-order valence-electron chi connectivity index (χ0n) is 17.2. The van der Waals surface area contributed by atoms with Crippen molar-refractivity contribution in [3.63, 3.8) is 0 Å². The zero-order valence-corrected chi connectivity index (χ0v) is 19.6. The van der Waals surface area contributed by atoms with E-state index >= 15 is 0 Å². The summed E-state index contributed by atoms with van der Waals surface area (Å²) in [6.45, 7) is 1.97. The monoisotopic (exact) mass is 481 g/mol. The molecule has 0 aliphatic carbocycles. The predicted molar refractivity (Wildman–Crippen MR) is 133 cm³/mol. The van der Waals surface area contributed by atoms with Crippen molar-refractivity contribution in [1.82, 2.24) is 10.3 Å². The Labute approximate surface area is 199 Å². The minimum atomic E-state index is -0.265. The average molecular weight is 482 g/mol. The third-order valence-electron chi connectivity index (χ3n) is 4.75. The lowest BCUT2D eigenvalue weighted by atomic mass is 10.1. The first-order valence-electron chi connectivity index (χ1n) is 9.93. The standard InChI is InChI=1S/C24H20ClN3O2S2/c1-15(16-7-3-2-4-8-16)26-22(29)14-31-24-28-20-12-11-17(13-21(20)32-24)27-23(30)18-9-5-6-10-19(18)25/h2-13,15H,14H2,1H3,(H,26,29)(H,27,30)/t15-/m1/s1. The molecule has 162 valence electrons. The van der Waals surface area contributed by atoms with E-state index in [1.54, 1.807) is 30.3 Å². The lowest BCUT2D eigenvalue weighted by Gasteiger charge is -2.13. The summed E-state index contributed by atoms with van der Waals surface area (Å²) in [5.74, 6) is -0.0239. The lowest BCUT2D eigenvalue weighted by molar-refractivity contribution is -0.119. The van der Waals surface area contributed by atoms with Gasteiger partial charge in [0.2, 0.25) is 5.91 Å². The fourth-order valence-corrected chi connectivity index (χ4v) is 5.26. The van der Waals surface area contributed by atoms with E-state index in [1.807, 2.05) is 49.4 Å². The van der Waals surface area contributed by atoms with Crippen molar-refractivity contribution in [3.8, 4) is 0 Å². The molecule has 4 aromatic rings. The van der Waals surface area contributed by atoms with Crippen molar-refractivity contribution in [1.29, 1.82) is 0 Å². The van der Waals surface area contributed by atoms with Gasteiger partial charge in [-0.05, 0) is 42.8 Å². The van der Waals surface area contributed by atoms with Crippen LogP contribution in [0.5, 0.6) is 0 Å². The molecule has 0 fully saturated rings. The van der Waals surface area contributed by atoms with Crippen LogP contribution in [-0.4, -0.2) is 22.6 Å². The summed E-state index contributed by atoms with van der Waals surface area (Å²) in [4.78, 5) is 29.4. The van der Waals surface area contributed by atoms with Crippen LogP contribution in [0.2, 0.25) is 5.02 Å². The summed E-state index contributed by atoms with van der Waals surface area (Å²) < 4.78 is 1.74. The van der Waals surface area contributed by atoms with Gasteiger partial charge in [0.15, 0.2) is 4.34 Å². The molecule has 5 nitrogen and oxygen atoms in total. The van der Waals surface area contributed by atoms with Crippen LogP contribution < -0.4 is 10.6 Å². The van der Waals surface area contributed by atoms with Crippen LogP contribution >= 0.6 is 34.7 Å². The molecule has 8 heteroatoms. The SMILES string of the molecule is C[C@@H](NC(=O)CSc1nc2ccc(NC(=O)c3ccccc3Cl)cc2s1)c1ccccc1. The maximum atomic E-state index is 12.5. The van der Waals surface area contributed by atoms with Crippen LogP contribution in [0, 0.1) is 0 Å². The first kappa shape index (κ1) is 22.3. The van der Waals surface area contributed by atoms with E-state index in [0.717, 1.165) is 20.1 Å². The summed E-state index contributed by atoms with van der Waals surface area (Å²) in [6, 6.07) is 22.3. The molecule has 2 amide bonds. The largest absolute Gasteiger partial charge is 0.349 e. The molecular formula is C24H20ClN3O2S2. The van der Waals surface area contributed by atoms with Crippen LogP contribution in [0.4, 0.5) is 5.69 Å². The Morgan fingerprint density at radius 3 is 2.59 bits per heavy atom. The van der Waals surface area contributed by atoms with Gasteiger partial charge in [0.1, 0.15) is 0 Å². The van der Waals surface area contributed by atoms with Crippen molar-refractivity contribution < 1.29 is 9.59 Å². The molecule has 0 bridgehead atoms. The minimum absolute atomic E-state index is 0.0432. The molecule has 32 heavy (non-hydrogen) atoms. The molecular weight excluding hydrogens is 462 g/mol. The number of carbonyl (C=O) groups excluding carboxylic acids is 2. The predicted octanol–water partition coefficient (Wildman–Crippen LogP) is 6.17. The highest BCUT2D eigenvalue weighted by Gasteiger charge is 2.13. The van der Waals surface area contributed by atoms with E-state index in [9.17, 15) is 9.59 Å². The average Bonchev–Trinajstić information content (AvgIpc) is 3.21. The number of thiazole rings is 1. The number of hydrogen-bond acceptors (Lipinski definition) is 5. The van der Waals surface area contributed by atoms with E-state index in [4.69, 9.17) is 11.6 Å². The van der Waals surface area contributed by atoms with Gasteiger partial charge in [-0.2, -0.15) is 0 Å². The van der Waals surface area contributed by atoms with E-state index in [-0.39, 0.29) is 23.6 Å².